The normalized spacial score (nSPS) is 15.6. The van der Waals surface area contributed by atoms with Gasteiger partial charge in [0.15, 0.2) is 0 Å². The molecule has 0 bridgehead atoms. The SMILES string of the molecule is CSC(C)CCNC(=O)NCC(C)(O)CC(=O)O. The predicted octanol–water partition coefficient (Wildman–Crippen LogP) is 0.653. The first kappa shape index (κ1) is 17.1. The fourth-order valence-corrected chi connectivity index (χ4v) is 1.58. The molecule has 0 rings (SSSR count). The molecule has 2 unspecified atom stereocenters. The summed E-state index contributed by atoms with van der Waals surface area (Å²) in [5, 5.41) is 23.8. The summed E-state index contributed by atoms with van der Waals surface area (Å²) >= 11 is 1.72. The Labute approximate surface area is 112 Å². The van der Waals surface area contributed by atoms with Crippen molar-refractivity contribution in [2.24, 2.45) is 0 Å². The van der Waals surface area contributed by atoms with Crippen molar-refractivity contribution in [3.63, 3.8) is 0 Å². The number of carbonyl (C=O) groups excluding carboxylic acids is 1. The second kappa shape index (κ2) is 8.20. The van der Waals surface area contributed by atoms with Crippen molar-refractivity contribution in [1.82, 2.24) is 10.6 Å². The third kappa shape index (κ3) is 9.12. The average molecular weight is 278 g/mol. The van der Waals surface area contributed by atoms with Crippen LogP contribution in [0.5, 0.6) is 0 Å². The van der Waals surface area contributed by atoms with Gasteiger partial charge in [0.1, 0.15) is 0 Å². The zero-order chi connectivity index (χ0) is 14.2. The lowest BCUT2D eigenvalue weighted by Gasteiger charge is -2.21. The van der Waals surface area contributed by atoms with E-state index in [1.165, 1.54) is 6.92 Å². The van der Waals surface area contributed by atoms with Crippen molar-refractivity contribution in [1.29, 1.82) is 0 Å². The lowest BCUT2D eigenvalue weighted by Crippen LogP contribution is -2.46. The van der Waals surface area contributed by atoms with E-state index >= 15 is 0 Å². The van der Waals surface area contributed by atoms with Crippen molar-refractivity contribution in [3.8, 4) is 0 Å². The molecule has 7 heteroatoms. The van der Waals surface area contributed by atoms with Gasteiger partial charge in [-0.1, -0.05) is 6.92 Å². The fourth-order valence-electron chi connectivity index (χ4n) is 1.23. The van der Waals surface area contributed by atoms with Crippen molar-refractivity contribution in [2.75, 3.05) is 19.3 Å². The molecule has 0 aromatic rings. The minimum absolute atomic E-state index is 0.0940. The fraction of sp³-hybridized carbons (Fsp3) is 0.818. The van der Waals surface area contributed by atoms with E-state index in [4.69, 9.17) is 5.11 Å². The van der Waals surface area contributed by atoms with Crippen LogP contribution < -0.4 is 10.6 Å². The van der Waals surface area contributed by atoms with Crippen LogP contribution in [0.15, 0.2) is 0 Å². The molecule has 0 aliphatic carbocycles. The number of urea groups is 1. The third-order valence-electron chi connectivity index (χ3n) is 2.40. The van der Waals surface area contributed by atoms with Gasteiger partial charge in [0, 0.05) is 18.3 Å². The molecular formula is C11H22N2O4S. The van der Waals surface area contributed by atoms with E-state index in [9.17, 15) is 14.7 Å². The van der Waals surface area contributed by atoms with Crippen LogP contribution in [0.3, 0.4) is 0 Å². The van der Waals surface area contributed by atoms with Crippen LogP contribution in [0.4, 0.5) is 4.79 Å². The maximum atomic E-state index is 11.4. The summed E-state index contributed by atoms with van der Waals surface area (Å²) in [6.45, 7) is 3.90. The Hall–Kier alpha value is -0.950. The van der Waals surface area contributed by atoms with Gasteiger partial charge in [-0.15, -0.1) is 0 Å². The Bertz CT molecular complexity index is 284. The van der Waals surface area contributed by atoms with Crippen LogP contribution in [0.1, 0.15) is 26.7 Å². The Morgan fingerprint density at radius 1 is 1.39 bits per heavy atom. The second-order valence-corrected chi connectivity index (χ2v) is 5.79. The summed E-state index contributed by atoms with van der Waals surface area (Å²) in [4.78, 5) is 21.8. The van der Waals surface area contributed by atoms with Crippen molar-refractivity contribution >= 4 is 23.8 Å². The summed E-state index contributed by atoms with van der Waals surface area (Å²) in [6.07, 6.45) is 2.46. The number of aliphatic carboxylic acids is 1. The topological polar surface area (TPSA) is 98.7 Å². The number of carbonyl (C=O) groups is 2. The average Bonchev–Trinajstić information content (AvgIpc) is 2.24. The van der Waals surface area contributed by atoms with Gasteiger partial charge < -0.3 is 20.8 Å². The number of carboxylic acids is 1. The highest BCUT2D eigenvalue weighted by Crippen LogP contribution is 2.08. The van der Waals surface area contributed by atoms with Crippen LogP contribution >= 0.6 is 11.8 Å². The van der Waals surface area contributed by atoms with E-state index < -0.39 is 24.0 Å². The van der Waals surface area contributed by atoms with Gasteiger partial charge in [0.25, 0.3) is 0 Å². The molecule has 0 aliphatic rings. The highest BCUT2D eigenvalue weighted by atomic mass is 32.2. The quantitative estimate of drug-likeness (QED) is 0.522. The van der Waals surface area contributed by atoms with Gasteiger partial charge >= 0.3 is 12.0 Å². The second-order valence-electron chi connectivity index (χ2n) is 4.51. The van der Waals surface area contributed by atoms with Crippen LogP contribution in [0, 0.1) is 0 Å². The largest absolute Gasteiger partial charge is 0.481 e. The van der Waals surface area contributed by atoms with Gasteiger partial charge in [-0.2, -0.15) is 11.8 Å². The summed E-state index contributed by atoms with van der Waals surface area (Å²) in [5.74, 6) is -1.10. The van der Waals surface area contributed by atoms with Crippen LogP contribution in [-0.4, -0.2) is 52.4 Å². The van der Waals surface area contributed by atoms with Crippen molar-refractivity contribution in [2.45, 2.75) is 37.5 Å². The Morgan fingerprint density at radius 2 is 2.00 bits per heavy atom. The lowest BCUT2D eigenvalue weighted by atomic mass is 10.0. The van der Waals surface area contributed by atoms with E-state index in [1.54, 1.807) is 11.8 Å². The van der Waals surface area contributed by atoms with E-state index in [1.807, 2.05) is 6.26 Å². The first-order valence-electron chi connectivity index (χ1n) is 5.75. The number of rotatable bonds is 8. The molecule has 0 saturated heterocycles. The summed E-state index contributed by atoms with van der Waals surface area (Å²) < 4.78 is 0. The van der Waals surface area contributed by atoms with Gasteiger partial charge in [0.05, 0.1) is 12.0 Å². The standard InChI is InChI=1S/C11H22N2O4S/c1-8(18-3)4-5-12-10(16)13-7-11(2,17)6-9(14)15/h8,17H,4-7H2,1-3H3,(H,14,15)(H2,12,13,16). The van der Waals surface area contributed by atoms with Gasteiger partial charge in [0.2, 0.25) is 0 Å². The number of hydrogen-bond donors (Lipinski definition) is 4. The van der Waals surface area contributed by atoms with Crippen LogP contribution in [0.25, 0.3) is 0 Å². The van der Waals surface area contributed by atoms with Crippen molar-refractivity contribution in [3.05, 3.63) is 0 Å². The summed E-state index contributed by atoms with van der Waals surface area (Å²) in [7, 11) is 0. The number of aliphatic hydroxyl groups is 1. The molecule has 2 atom stereocenters. The van der Waals surface area contributed by atoms with Crippen molar-refractivity contribution < 1.29 is 19.8 Å². The predicted molar refractivity (Wildman–Crippen MR) is 71.9 cm³/mol. The molecule has 0 saturated carbocycles. The zero-order valence-electron chi connectivity index (χ0n) is 11.0. The monoisotopic (exact) mass is 278 g/mol. The first-order valence-corrected chi connectivity index (χ1v) is 7.04. The first-order chi connectivity index (χ1) is 8.26. The molecule has 0 aromatic heterocycles. The maximum absolute atomic E-state index is 11.4. The third-order valence-corrected chi connectivity index (χ3v) is 3.44. The lowest BCUT2D eigenvalue weighted by molar-refractivity contribution is -0.141. The minimum atomic E-state index is -1.43. The number of nitrogens with one attached hydrogen (secondary N) is 2. The highest BCUT2D eigenvalue weighted by Gasteiger charge is 2.24. The molecule has 0 spiro atoms. The molecule has 2 amide bonds. The van der Waals surface area contributed by atoms with Gasteiger partial charge in [-0.05, 0) is 19.6 Å². The van der Waals surface area contributed by atoms with Gasteiger partial charge in [-0.3, -0.25) is 4.79 Å². The molecule has 106 valence electrons. The highest BCUT2D eigenvalue weighted by molar-refractivity contribution is 7.99. The zero-order valence-corrected chi connectivity index (χ0v) is 11.8. The van der Waals surface area contributed by atoms with E-state index in [0.29, 0.717) is 11.8 Å². The summed E-state index contributed by atoms with van der Waals surface area (Å²) in [5.41, 5.74) is -1.43. The Kier molecular flexibility index (Phi) is 7.77. The minimum Gasteiger partial charge on any atom is -0.481 e. The van der Waals surface area contributed by atoms with E-state index in [2.05, 4.69) is 17.6 Å². The number of amides is 2. The summed E-state index contributed by atoms with van der Waals surface area (Å²) in [6, 6.07) is -0.394. The molecule has 0 radical (unpaired) electrons. The molecule has 0 aromatic carbocycles. The molecule has 6 nitrogen and oxygen atoms in total. The van der Waals surface area contributed by atoms with Gasteiger partial charge in [-0.25, -0.2) is 4.79 Å². The van der Waals surface area contributed by atoms with Crippen LogP contribution in [-0.2, 0) is 4.79 Å². The molecule has 0 fully saturated rings. The molecule has 0 aliphatic heterocycles. The molecular weight excluding hydrogens is 256 g/mol. The van der Waals surface area contributed by atoms with E-state index in [-0.39, 0.29) is 6.54 Å². The van der Waals surface area contributed by atoms with Crippen LogP contribution in [0.2, 0.25) is 0 Å². The Morgan fingerprint density at radius 3 is 2.50 bits per heavy atom. The van der Waals surface area contributed by atoms with E-state index in [0.717, 1.165) is 6.42 Å². The molecule has 18 heavy (non-hydrogen) atoms. The Balaban J connectivity index is 3.79. The smallest absolute Gasteiger partial charge is 0.314 e. The number of carboxylic acid groups (broad SMARTS) is 1. The molecule has 0 heterocycles. The maximum Gasteiger partial charge on any atom is 0.314 e. The number of hydrogen-bond acceptors (Lipinski definition) is 4. The number of thioether (sulfide) groups is 1. The molecule has 4 N–H and O–H groups in total.